The molecule has 1 aromatic heterocycles. The highest BCUT2D eigenvalue weighted by Crippen LogP contribution is 2.18. The predicted octanol–water partition coefficient (Wildman–Crippen LogP) is 3.41. The molecular weight excluding hydrogens is 343 g/mol. The smallest absolute Gasteiger partial charge is 0.224 e. The highest BCUT2D eigenvalue weighted by molar-refractivity contribution is 5.79. The minimum Gasteiger partial charge on any atom is -0.355 e. The Kier molecular flexibility index (Phi) is 7.13. The van der Waals surface area contributed by atoms with E-state index in [9.17, 15) is 9.18 Å². The monoisotopic (exact) mass is 374 g/mol. The minimum atomic E-state index is -0.281. The molecule has 6 heteroatoms. The van der Waals surface area contributed by atoms with E-state index in [1.54, 1.807) is 16.8 Å². The van der Waals surface area contributed by atoms with Crippen LogP contribution in [-0.2, 0) is 11.2 Å². The molecule has 2 rings (SSSR count). The van der Waals surface area contributed by atoms with Crippen LogP contribution in [0.5, 0.6) is 0 Å². The first-order chi connectivity index (χ1) is 12.7. The van der Waals surface area contributed by atoms with E-state index in [1.807, 2.05) is 13.8 Å². The highest BCUT2D eigenvalue weighted by Gasteiger charge is 2.17. The van der Waals surface area contributed by atoms with E-state index >= 15 is 0 Å². The van der Waals surface area contributed by atoms with Gasteiger partial charge in [-0.05, 0) is 65.8 Å². The maximum absolute atomic E-state index is 13.1. The van der Waals surface area contributed by atoms with Crippen LogP contribution in [0.2, 0.25) is 0 Å². The number of carbonyl (C=O) groups is 1. The van der Waals surface area contributed by atoms with Gasteiger partial charge in [-0.25, -0.2) is 9.07 Å². The molecular formula is C21H31FN4O. The number of halogens is 1. The standard InChI is InChI=1S/C21H31FN4O/c1-14(2)25(15(3)4)12-11-23-21(27)13-20-16(5)24-26(17(20)6)19-9-7-18(22)8-10-19/h7-10,14-15H,11-13H2,1-6H3,(H,23,27). The number of rotatable bonds is 8. The van der Waals surface area contributed by atoms with Gasteiger partial charge in [0.05, 0.1) is 17.8 Å². The molecule has 0 bridgehead atoms. The number of hydrogen-bond donors (Lipinski definition) is 1. The third kappa shape index (κ3) is 5.39. The largest absolute Gasteiger partial charge is 0.355 e. The summed E-state index contributed by atoms with van der Waals surface area (Å²) in [5, 5.41) is 7.54. The van der Waals surface area contributed by atoms with Crippen molar-refractivity contribution >= 4 is 5.91 Å². The van der Waals surface area contributed by atoms with Gasteiger partial charge in [-0.2, -0.15) is 5.10 Å². The fourth-order valence-electron chi connectivity index (χ4n) is 3.42. The average molecular weight is 375 g/mol. The summed E-state index contributed by atoms with van der Waals surface area (Å²) in [6, 6.07) is 7.08. The average Bonchev–Trinajstić information content (AvgIpc) is 2.87. The molecule has 0 aliphatic carbocycles. The molecule has 1 heterocycles. The van der Waals surface area contributed by atoms with Crippen LogP contribution in [0, 0.1) is 19.7 Å². The Labute approximate surface area is 161 Å². The van der Waals surface area contributed by atoms with Gasteiger partial charge in [0, 0.05) is 36.4 Å². The van der Waals surface area contributed by atoms with E-state index in [0.717, 1.165) is 29.2 Å². The van der Waals surface area contributed by atoms with Crippen molar-refractivity contribution < 1.29 is 9.18 Å². The Bertz CT molecular complexity index is 757. The maximum atomic E-state index is 13.1. The fraction of sp³-hybridized carbons (Fsp3) is 0.524. The molecule has 148 valence electrons. The molecule has 0 aliphatic heterocycles. The van der Waals surface area contributed by atoms with E-state index < -0.39 is 0 Å². The molecule has 0 atom stereocenters. The van der Waals surface area contributed by atoms with Gasteiger partial charge in [0.15, 0.2) is 0 Å². The van der Waals surface area contributed by atoms with Gasteiger partial charge in [0.25, 0.3) is 0 Å². The Balaban J connectivity index is 2.01. The molecule has 1 amide bonds. The van der Waals surface area contributed by atoms with Crippen LogP contribution in [0.4, 0.5) is 4.39 Å². The molecule has 0 fully saturated rings. The highest BCUT2D eigenvalue weighted by atomic mass is 19.1. The van der Waals surface area contributed by atoms with E-state index in [2.05, 4.69) is 43.0 Å². The number of aryl methyl sites for hydroxylation is 1. The normalized spacial score (nSPS) is 11.6. The Hall–Kier alpha value is -2.21. The molecule has 0 aliphatic rings. The van der Waals surface area contributed by atoms with E-state index in [-0.39, 0.29) is 11.7 Å². The van der Waals surface area contributed by atoms with Crippen LogP contribution in [-0.4, -0.2) is 45.8 Å². The number of nitrogens with one attached hydrogen (secondary N) is 1. The third-order valence-electron chi connectivity index (χ3n) is 4.87. The molecule has 1 N–H and O–H groups in total. The molecule has 0 radical (unpaired) electrons. The molecule has 0 unspecified atom stereocenters. The lowest BCUT2D eigenvalue weighted by molar-refractivity contribution is -0.120. The van der Waals surface area contributed by atoms with Crippen molar-refractivity contribution in [2.45, 2.75) is 60.0 Å². The zero-order valence-electron chi connectivity index (χ0n) is 17.2. The van der Waals surface area contributed by atoms with Crippen LogP contribution >= 0.6 is 0 Å². The van der Waals surface area contributed by atoms with Gasteiger partial charge < -0.3 is 5.32 Å². The minimum absolute atomic E-state index is 0.00711. The molecule has 0 saturated heterocycles. The van der Waals surface area contributed by atoms with E-state index in [4.69, 9.17) is 0 Å². The second-order valence-corrected chi connectivity index (χ2v) is 7.49. The third-order valence-corrected chi connectivity index (χ3v) is 4.87. The Morgan fingerprint density at radius 3 is 2.30 bits per heavy atom. The zero-order valence-corrected chi connectivity index (χ0v) is 17.2. The van der Waals surface area contributed by atoms with Crippen LogP contribution < -0.4 is 5.32 Å². The summed E-state index contributed by atoms with van der Waals surface area (Å²) in [7, 11) is 0. The summed E-state index contributed by atoms with van der Waals surface area (Å²) >= 11 is 0. The topological polar surface area (TPSA) is 50.2 Å². The number of nitrogens with zero attached hydrogens (tertiary/aromatic N) is 3. The number of carbonyl (C=O) groups excluding carboxylic acids is 1. The number of aromatic nitrogens is 2. The SMILES string of the molecule is Cc1nn(-c2ccc(F)cc2)c(C)c1CC(=O)NCCN(C(C)C)C(C)C. The van der Waals surface area contributed by atoms with Crippen molar-refractivity contribution in [3.8, 4) is 5.69 Å². The van der Waals surface area contributed by atoms with Crippen molar-refractivity contribution in [3.63, 3.8) is 0 Å². The van der Waals surface area contributed by atoms with Gasteiger partial charge in [-0.15, -0.1) is 0 Å². The number of benzene rings is 1. The lowest BCUT2D eigenvalue weighted by atomic mass is 10.1. The van der Waals surface area contributed by atoms with Crippen molar-refractivity contribution in [1.82, 2.24) is 20.0 Å². The molecule has 2 aromatic rings. The van der Waals surface area contributed by atoms with Gasteiger partial charge in [-0.1, -0.05) is 0 Å². The van der Waals surface area contributed by atoms with Crippen molar-refractivity contribution in [2.24, 2.45) is 0 Å². The lowest BCUT2D eigenvalue weighted by Gasteiger charge is -2.30. The molecule has 27 heavy (non-hydrogen) atoms. The lowest BCUT2D eigenvalue weighted by Crippen LogP contribution is -2.42. The molecule has 0 spiro atoms. The first kappa shape index (κ1) is 21.1. The summed E-state index contributed by atoms with van der Waals surface area (Å²) in [5.74, 6) is -0.288. The summed E-state index contributed by atoms with van der Waals surface area (Å²) < 4.78 is 14.9. The molecule has 1 aromatic carbocycles. The van der Waals surface area contributed by atoms with Crippen LogP contribution in [0.25, 0.3) is 5.69 Å². The molecule has 5 nitrogen and oxygen atoms in total. The maximum Gasteiger partial charge on any atom is 0.224 e. The Morgan fingerprint density at radius 1 is 1.15 bits per heavy atom. The van der Waals surface area contributed by atoms with Gasteiger partial charge in [0.2, 0.25) is 5.91 Å². The zero-order chi connectivity index (χ0) is 20.1. The van der Waals surface area contributed by atoms with Crippen LogP contribution in [0.1, 0.15) is 44.6 Å². The second-order valence-electron chi connectivity index (χ2n) is 7.49. The van der Waals surface area contributed by atoms with Crippen molar-refractivity contribution in [3.05, 3.63) is 47.0 Å². The van der Waals surface area contributed by atoms with Crippen molar-refractivity contribution in [2.75, 3.05) is 13.1 Å². The summed E-state index contributed by atoms with van der Waals surface area (Å²) in [4.78, 5) is 14.8. The summed E-state index contributed by atoms with van der Waals surface area (Å²) in [6.45, 7) is 13.9. The summed E-state index contributed by atoms with van der Waals surface area (Å²) in [5.41, 5.74) is 3.42. The van der Waals surface area contributed by atoms with Gasteiger partial charge in [-0.3, -0.25) is 9.69 Å². The van der Waals surface area contributed by atoms with Crippen LogP contribution in [0.15, 0.2) is 24.3 Å². The van der Waals surface area contributed by atoms with Crippen LogP contribution in [0.3, 0.4) is 0 Å². The van der Waals surface area contributed by atoms with E-state index in [0.29, 0.717) is 25.0 Å². The molecule has 0 saturated carbocycles. The fourth-order valence-corrected chi connectivity index (χ4v) is 3.42. The van der Waals surface area contributed by atoms with Crippen molar-refractivity contribution in [1.29, 1.82) is 0 Å². The predicted molar refractivity (Wildman–Crippen MR) is 107 cm³/mol. The number of hydrogen-bond acceptors (Lipinski definition) is 3. The number of amides is 1. The van der Waals surface area contributed by atoms with E-state index in [1.165, 1.54) is 12.1 Å². The first-order valence-electron chi connectivity index (χ1n) is 9.54. The second kappa shape index (κ2) is 9.13. The quantitative estimate of drug-likeness (QED) is 0.770. The van der Waals surface area contributed by atoms with Gasteiger partial charge >= 0.3 is 0 Å². The summed E-state index contributed by atoms with van der Waals surface area (Å²) in [6.07, 6.45) is 0.294. The Morgan fingerprint density at radius 2 is 1.74 bits per heavy atom. The first-order valence-corrected chi connectivity index (χ1v) is 9.54. The van der Waals surface area contributed by atoms with Gasteiger partial charge in [0.1, 0.15) is 5.82 Å².